The maximum atomic E-state index is 9.69. The highest BCUT2D eigenvalue weighted by atomic mass is 15.0. The van der Waals surface area contributed by atoms with E-state index in [-0.39, 0.29) is 0 Å². The van der Waals surface area contributed by atoms with Gasteiger partial charge in [0.05, 0.1) is 11.6 Å². The molecule has 2 aliphatic carbocycles. The first-order valence-corrected chi connectivity index (χ1v) is 14.9. The van der Waals surface area contributed by atoms with E-state index in [1.165, 1.54) is 37.7 Å². The van der Waals surface area contributed by atoms with E-state index >= 15 is 0 Å². The molecule has 1 unspecified atom stereocenters. The normalized spacial score (nSPS) is 23.7. The van der Waals surface area contributed by atoms with Crippen LogP contribution in [0.2, 0.25) is 0 Å². The lowest BCUT2D eigenvalue weighted by Gasteiger charge is -2.50. The molecule has 4 nitrogen and oxygen atoms in total. The van der Waals surface area contributed by atoms with Gasteiger partial charge in [-0.3, -0.25) is 0 Å². The highest BCUT2D eigenvalue weighted by Gasteiger charge is 2.45. The van der Waals surface area contributed by atoms with E-state index in [1.54, 1.807) is 0 Å². The average molecular weight is 535 g/mol. The van der Waals surface area contributed by atoms with Gasteiger partial charge in [-0.05, 0) is 78.4 Å². The Labute approximate surface area is 242 Å². The van der Waals surface area contributed by atoms with E-state index < -0.39 is 0 Å². The summed E-state index contributed by atoms with van der Waals surface area (Å²) in [5.74, 6) is 4.33. The molecule has 2 fully saturated rings. The Balaban J connectivity index is 1.32. The molecule has 4 heteroatoms. The van der Waals surface area contributed by atoms with Crippen molar-refractivity contribution in [2.45, 2.75) is 51.4 Å². The van der Waals surface area contributed by atoms with Gasteiger partial charge in [0.1, 0.15) is 0 Å². The van der Waals surface area contributed by atoms with Crippen molar-refractivity contribution in [3.05, 3.63) is 102 Å². The monoisotopic (exact) mass is 534 g/mol. The van der Waals surface area contributed by atoms with Crippen molar-refractivity contribution in [2.75, 3.05) is 0 Å². The Morgan fingerprint density at radius 2 is 1.27 bits per heavy atom. The highest BCUT2D eigenvalue weighted by molar-refractivity contribution is 5.91. The first-order chi connectivity index (χ1) is 20.0. The molecule has 0 saturated heterocycles. The van der Waals surface area contributed by atoms with Gasteiger partial charge in [0.25, 0.3) is 0 Å². The third-order valence-corrected chi connectivity index (χ3v) is 9.31. The van der Waals surface area contributed by atoms with Crippen LogP contribution >= 0.6 is 0 Å². The van der Waals surface area contributed by atoms with Gasteiger partial charge in [0.15, 0.2) is 17.5 Å². The molecule has 0 aliphatic heterocycles. The van der Waals surface area contributed by atoms with Gasteiger partial charge < -0.3 is 0 Å². The van der Waals surface area contributed by atoms with E-state index in [1.807, 2.05) is 66.7 Å². The molecule has 1 aromatic heterocycles. The fraction of sp³-hybridized carbons (Fsp3) is 0.297. The minimum Gasteiger partial charge on any atom is -0.208 e. The third-order valence-electron chi connectivity index (χ3n) is 9.31. The molecule has 7 rings (SSSR count). The molecule has 5 aromatic rings. The summed E-state index contributed by atoms with van der Waals surface area (Å²) >= 11 is 0. The lowest BCUT2D eigenvalue weighted by molar-refractivity contribution is 0.0780. The second-order valence-electron chi connectivity index (χ2n) is 12.5. The highest BCUT2D eigenvalue weighted by Crippen LogP contribution is 2.54. The fourth-order valence-electron chi connectivity index (χ4n) is 7.89. The zero-order valence-corrected chi connectivity index (χ0v) is 23.7. The zero-order valence-electron chi connectivity index (χ0n) is 23.7. The summed E-state index contributed by atoms with van der Waals surface area (Å²) in [7, 11) is 0. The molecule has 4 atom stereocenters. The SMILES string of the molecule is C[C@@H]1C[C@@H]2C[C@H](C)CC(c3ccc(-c4nc(-c5ccccc5)nc(-c5ccc6cccc(C#N)c6c5)n4)cc3)(C1)C2. The van der Waals surface area contributed by atoms with E-state index in [9.17, 15) is 5.26 Å². The first kappa shape index (κ1) is 25.6. The first-order valence-electron chi connectivity index (χ1n) is 14.9. The summed E-state index contributed by atoms with van der Waals surface area (Å²) in [6.07, 6.45) is 6.65. The molecule has 0 spiro atoms. The van der Waals surface area contributed by atoms with Crippen molar-refractivity contribution >= 4 is 10.8 Å². The maximum Gasteiger partial charge on any atom is 0.164 e. The van der Waals surface area contributed by atoms with Crippen LogP contribution in [0.5, 0.6) is 0 Å². The molecule has 202 valence electrons. The summed E-state index contributed by atoms with van der Waals surface area (Å²) < 4.78 is 0. The van der Waals surface area contributed by atoms with Crippen LogP contribution in [0.25, 0.3) is 44.9 Å². The number of nitrogens with zero attached hydrogens (tertiary/aromatic N) is 4. The molecular formula is C37H34N4. The number of fused-ring (bicyclic) bond motifs is 3. The van der Waals surface area contributed by atoms with Crippen molar-refractivity contribution in [1.29, 1.82) is 5.26 Å². The Morgan fingerprint density at radius 1 is 0.659 bits per heavy atom. The van der Waals surface area contributed by atoms with Crippen molar-refractivity contribution < 1.29 is 0 Å². The van der Waals surface area contributed by atoms with Crippen LogP contribution in [-0.4, -0.2) is 15.0 Å². The summed E-state index contributed by atoms with van der Waals surface area (Å²) in [6, 6.07) is 33.4. The number of nitriles is 1. The molecule has 2 aliphatic rings. The van der Waals surface area contributed by atoms with Gasteiger partial charge in [-0.15, -0.1) is 0 Å². The number of hydrogen-bond acceptors (Lipinski definition) is 4. The molecule has 0 radical (unpaired) electrons. The zero-order chi connectivity index (χ0) is 28.0. The van der Waals surface area contributed by atoms with Crippen molar-refractivity contribution in [3.63, 3.8) is 0 Å². The lowest BCUT2D eigenvalue weighted by atomic mass is 9.54. The van der Waals surface area contributed by atoms with Gasteiger partial charge in [0, 0.05) is 22.1 Å². The topological polar surface area (TPSA) is 62.5 Å². The summed E-state index contributed by atoms with van der Waals surface area (Å²) in [5, 5.41) is 11.6. The van der Waals surface area contributed by atoms with E-state index in [2.05, 4.69) is 44.2 Å². The Bertz CT molecular complexity index is 1750. The third kappa shape index (κ3) is 4.80. The van der Waals surface area contributed by atoms with Crippen LogP contribution in [0.15, 0.2) is 91.0 Å². The van der Waals surface area contributed by atoms with Crippen LogP contribution in [0.1, 0.15) is 57.1 Å². The summed E-state index contributed by atoms with van der Waals surface area (Å²) in [6.45, 7) is 4.88. The minimum absolute atomic E-state index is 0.293. The van der Waals surface area contributed by atoms with Crippen LogP contribution in [-0.2, 0) is 5.41 Å². The molecular weight excluding hydrogens is 500 g/mol. The number of hydrogen-bond donors (Lipinski definition) is 0. The smallest absolute Gasteiger partial charge is 0.164 e. The van der Waals surface area contributed by atoms with Crippen molar-refractivity contribution in [2.24, 2.45) is 17.8 Å². The van der Waals surface area contributed by atoms with E-state index in [4.69, 9.17) is 15.0 Å². The van der Waals surface area contributed by atoms with Gasteiger partial charge in [-0.2, -0.15) is 5.26 Å². The van der Waals surface area contributed by atoms with Crippen molar-refractivity contribution in [1.82, 2.24) is 15.0 Å². The second-order valence-corrected chi connectivity index (χ2v) is 12.5. The Kier molecular flexibility index (Phi) is 6.39. The largest absolute Gasteiger partial charge is 0.208 e. The molecule has 2 saturated carbocycles. The number of aromatic nitrogens is 3. The Morgan fingerprint density at radius 3 is 1.93 bits per heavy atom. The van der Waals surface area contributed by atoms with E-state index in [0.717, 1.165) is 45.2 Å². The maximum absolute atomic E-state index is 9.69. The van der Waals surface area contributed by atoms with Crippen LogP contribution in [0, 0.1) is 29.1 Å². The minimum atomic E-state index is 0.293. The molecule has 2 bridgehead atoms. The lowest BCUT2D eigenvalue weighted by Crippen LogP contribution is -2.42. The van der Waals surface area contributed by atoms with E-state index in [0.29, 0.717) is 28.5 Å². The Hall–Kier alpha value is -4.36. The van der Waals surface area contributed by atoms with Crippen LogP contribution < -0.4 is 0 Å². The number of benzene rings is 4. The summed E-state index contributed by atoms with van der Waals surface area (Å²) in [4.78, 5) is 14.8. The molecule has 0 amide bonds. The van der Waals surface area contributed by atoms with Gasteiger partial charge >= 0.3 is 0 Å². The molecule has 41 heavy (non-hydrogen) atoms. The molecule has 1 heterocycles. The van der Waals surface area contributed by atoms with Gasteiger partial charge in [0.2, 0.25) is 0 Å². The second kappa shape index (κ2) is 10.2. The average Bonchev–Trinajstić information content (AvgIpc) is 3.00. The molecule has 4 aromatic carbocycles. The van der Waals surface area contributed by atoms with Gasteiger partial charge in [-0.1, -0.05) is 92.7 Å². The summed E-state index contributed by atoms with van der Waals surface area (Å²) in [5.41, 5.74) is 5.23. The number of rotatable bonds is 4. The quantitative estimate of drug-likeness (QED) is 0.231. The van der Waals surface area contributed by atoms with Gasteiger partial charge in [-0.25, -0.2) is 15.0 Å². The van der Waals surface area contributed by atoms with Crippen LogP contribution in [0.4, 0.5) is 0 Å². The molecule has 0 N–H and O–H groups in total. The fourth-order valence-corrected chi connectivity index (χ4v) is 7.89. The van der Waals surface area contributed by atoms with Crippen molar-refractivity contribution in [3.8, 4) is 40.2 Å². The van der Waals surface area contributed by atoms with Crippen LogP contribution in [0.3, 0.4) is 0 Å². The predicted molar refractivity (Wildman–Crippen MR) is 165 cm³/mol. The standard InChI is InChI=1S/C37H34N4/c1-24-17-26-18-25(2)21-37(20-24,22-26)32-15-13-29(14-16-32)35-39-34(28-7-4-3-5-8-28)40-36(41-35)30-12-11-27-9-6-10-31(23-38)33(27)19-30/h3-16,19,24-26H,17-18,20-22H2,1-2H3/t24-,25+,26-,37?. The predicted octanol–water partition coefficient (Wildman–Crippen LogP) is 9.00.